The van der Waals surface area contributed by atoms with Crippen molar-refractivity contribution in [2.45, 2.75) is 20.3 Å². The van der Waals surface area contributed by atoms with Crippen molar-refractivity contribution in [1.29, 1.82) is 0 Å². The Morgan fingerprint density at radius 3 is 2.70 bits per heavy atom. The molecule has 0 bridgehead atoms. The molecule has 2 heteroatoms. The van der Waals surface area contributed by atoms with Gasteiger partial charge in [0.05, 0.1) is 0 Å². The van der Waals surface area contributed by atoms with Gasteiger partial charge in [0.2, 0.25) is 5.95 Å². The third-order valence-electron chi connectivity index (χ3n) is 1.45. The van der Waals surface area contributed by atoms with Crippen molar-refractivity contribution in [1.82, 2.24) is 4.98 Å². The molecule has 0 N–H and O–H groups in total. The van der Waals surface area contributed by atoms with E-state index >= 15 is 0 Å². The highest BCUT2D eigenvalue weighted by atomic mass is 19.1. The predicted octanol–water partition coefficient (Wildman–Crippen LogP) is 2.09. The monoisotopic (exact) mass is 139 g/mol. The smallest absolute Gasteiger partial charge is 0.216 e. The summed E-state index contributed by atoms with van der Waals surface area (Å²) in [6.07, 6.45) is 0.707. The molecule has 54 valence electrons. The molecule has 0 aromatic carbocycles. The lowest BCUT2D eigenvalue weighted by atomic mass is 10.2. The van der Waals surface area contributed by atoms with E-state index in [2.05, 4.69) is 4.98 Å². The lowest BCUT2D eigenvalue weighted by molar-refractivity contribution is 0.565. The van der Waals surface area contributed by atoms with E-state index < -0.39 is 0 Å². The maximum Gasteiger partial charge on any atom is 0.216 e. The molecule has 10 heavy (non-hydrogen) atoms. The van der Waals surface area contributed by atoms with Crippen LogP contribution in [0.3, 0.4) is 0 Å². The minimum atomic E-state index is -0.331. The van der Waals surface area contributed by atoms with E-state index in [9.17, 15) is 4.39 Å². The van der Waals surface area contributed by atoms with Crippen LogP contribution >= 0.6 is 0 Å². The first-order chi connectivity index (χ1) is 4.74. The van der Waals surface area contributed by atoms with E-state index in [-0.39, 0.29) is 5.95 Å². The molecule has 0 aliphatic rings. The maximum atomic E-state index is 12.7. The summed E-state index contributed by atoms with van der Waals surface area (Å²) in [4.78, 5) is 3.68. The van der Waals surface area contributed by atoms with Crippen molar-refractivity contribution in [3.63, 3.8) is 0 Å². The molecule has 0 saturated carbocycles. The van der Waals surface area contributed by atoms with Gasteiger partial charge in [0, 0.05) is 11.3 Å². The predicted molar refractivity (Wildman–Crippen MR) is 38.3 cm³/mol. The van der Waals surface area contributed by atoms with Gasteiger partial charge in [0.25, 0.3) is 0 Å². The summed E-state index contributed by atoms with van der Waals surface area (Å²) in [7, 11) is 0. The number of aromatic nitrogens is 1. The third-order valence-corrected chi connectivity index (χ3v) is 1.45. The number of hydrogen-bond donors (Lipinski definition) is 0. The van der Waals surface area contributed by atoms with Crippen molar-refractivity contribution in [3.8, 4) is 0 Å². The van der Waals surface area contributed by atoms with Crippen LogP contribution in [0.5, 0.6) is 0 Å². The highest BCUT2D eigenvalue weighted by Crippen LogP contribution is 2.05. The third kappa shape index (κ3) is 1.32. The molecule has 1 nitrogen and oxygen atoms in total. The number of halogens is 1. The fourth-order valence-corrected chi connectivity index (χ4v) is 0.818. The van der Waals surface area contributed by atoms with Crippen LogP contribution in [0.4, 0.5) is 4.39 Å². The lowest BCUT2D eigenvalue weighted by Gasteiger charge is -1.97. The molecule has 1 aromatic heterocycles. The second kappa shape index (κ2) is 2.78. The van der Waals surface area contributed by atoms with Gasteiger partial charge in [-0.25, -0.2) is 4.98 Å². The van der Waals surface area contributed by atoms with Crippen LogP contribution in [0.25, 0.3) is 0 Å². The van der Waals surface area contributed by atoms with Crippen molar-refractivity contribution >= 4 is 0 Å². The SMILES string of the molecule is CCc1ccc(C)nc1F. The van der Waals surface area contributed by atoms with Crippen LogP contribution in [0.15, 0.2) is 12.1 Å². The molecule has 0 aliphatic carbocycles. The first-order valence-corrected chi connectivity index (χ1v) is 3.36. The summed E-state index contributed by atoms with van der Waals surface area (Å²) in [6, 6.07) is 3.60. The molecule has 1 aromatic rings. The maximum absolute atomic E-state index is 12.7. The van der Waals surface area contributed by atoms with Gasteiger partial charge in [-0.05, 0) is 19.4 Å². The Kier molecular flexibility index (Phi) is 2.00. The summed E-state index contributed by atoms with van der Waals surface area (Å²) in [5.41, 5.74) is 1.42. The van der Waals surface area contributed by atoms with E-state index in [0.29, 0.717) is 12.0 Å². The van der Waals surface area contributed by atoms with Gasteiger partial charge < -0.3 is 0 Å². The lowest BCUT2D eigenvalue weighted by Crippen LogP contribution is -1.92. The van der Waals surface area contributed by atoms with E-state index in [1.807, 2.05) is 13.0 Å². The zero-order valence-corrected chi connectivity index (χ0v) is 6.19. The fraction of sp³-hybridized carbons (Fsp3) is 0.375. The number of rotatable bonds is 1. The van der Waals surface area contributed by atoms with Crippen molar-refractivity contribution in [2.75, 3.05) is 0 Å². The highest BCUT2D eigenvalue weighted by Gasteiger charge is 1.98. The average molecular weight is 139 g/mol. The number of aryl methyl sites for hydroxylation is 2. The summed E-state index contributed by atoms with van der Waals surface area (Å²) < 4.78 is 12.7. The topological polar surface area (TPSA) is 12.9 Å². The molecule has 1 rings (SSSR count). The first-order valence-electron chi connectivity index (χ1n) is 3.36. The first kappa shape index (κ1) is 7.19. The molecular formula is C8H10FN. The second-order valence-electron chi connectivity index (χ2n) is 2.26. The van der Waals surface area contributed by atoms with Gasteiger partial charge in [-0.3, -0.25) is 0 Å². The molecule has 0 saturated heterocycles. The number of nitrogens with zero attached hydrogens (tertiary/aromatic N) is 1. The van der Waals surface area contributed by atoms with Gasteiger partial charge in [-0.15, -0.1) is 0 Å². The molecule has 0 fully saturated rings. The molecule has 0 aliphatic heterocycles. The zero-order valence-electron chi connectivity index (χ0n) is 6.19. The molecule has 0 radical (unpaired) electrons. The highest BCUT2D eigenvalue weighted by molar-refractivity contribution is 5.14. The van der Waals surface area contributed by atoms with Gasteiger partial charge in [-0.2, -0.15) is 4.39 Å². The van der Waals surface area contributed by atoms with Gasteiger partial charge in [0.15, 0.2) is 0 Å². The largest absolute Gasteiger partial charge is 0.225 e. The van der Waals surface area contributed by atoms with E-state index in [4.69, 9.17) is 0 Å². The average Bonchev–Trinajstić information content (AvgIpc) is 1.88. The molecule has 0 atom stereocenters. The minimum absolute atomic E-state index is 0.331. The molecular weight excluding hydrogens is 129 g/mol. The van der Waals surface area contributed by atoms with E-state index in [1.165, 1.54) is 0 Å². The Labute approximate surface area is 59.9 Å². The standard InChI is InChI=1S/C8H10FN/c1-3-7-5-4-6(2)10-8(7)9/h4-5H,3H2,1-2H3. The van der Waals surface area contributed by atoms with Crippen LogP contribution in [-0.4, -0.2) is 4.98 Å². The Bertz CT molecular complexity index is 233. The number of pyridine rings is 1. The Balaban J connectivity index is 3.07. The van der Waals surface area contributed by atoms with Crippen LogP contribution < -0.4 is 0 Å². The van der Waals surface area contributed by atoms with Crippen LogP contribution in [0, 0.1) is 12.9 Å². The molecule has 0 spiro atoms. The van der Waals surface area contributed by atoms with Crippen LogP contribution in [-0.2, 0) is 6.42 Å². The summed E-state index contributed by atoms with van der Waals surface area (Å²) in [6.45, 7) is 3.69. The molecule has 0 unspecified atom stereocenters. The van der Waals surface area contributed by atoms with Gasteiger partial charge in [0.1, 0.15) is 0 Å². The van der Waals surface area contributed by atoms with Crippen LogP contribution in [0.2, 0.25) is 0 Å². The summed E-state index contributed by atoms with van der Waals surface area (Å²) in [5.74, 6) is -0.331. The van der Waals surface area contributed by atoms with Gasteiger partial charge in [-0.1, -0.05) is 13.0 Å². The Morgan fingerprint density at radius 2 is 2.20 bits per heavy atom. The second-order valence-corrected chi connectivity index (χ2v) is 2.26. The van der Waals surface area contributed by atoms with Crippen molar-refractivity contribution in [3.05, 3.63) is 29.3 Å². The Hall–Kier alpha value is -0.920. The minimum Gasteiger partial charge on any atom is -0.225 e. The van der Waals surface area contributed by atoms with Crippen LogP contribution in [0.1, 0.15) is 18.2 Å². The van der Waals surface area contributed by atoms with E-state index in [0.717, 1.165) is 5.69 Å². The normalized spacial score (nSPS) is 9.90. The fourth-order valence-electron chi connectivity index (χ4n) is 0.818. The summed E-state index contributed by atoms with van der Waals surface area (Å²) >= 11 is 0. The van der Waals surface area contributed by atoms with Gasteiger partial charge >= 0.3 is 0 Å². The quantitative estimate of drug-likeness (QED) is 0.543. The molecule has 1 heterocycles. The molecule has 0 amide bonds. The van der Waals surface area contributed by atoms with Crippen molar-refractivity contribution in [2.24, 2.45) is 0 Å². The zero-order chi connectivity index (χ0) is 7.56. The number of hydrogen-bond acceptors (Lipinski definition) is 1. The Morgan fingerprint density at radius 1 is 1.50 bits per heavy atom. The summed E-state index contributed by atoms with van der Waals surface area (Å²) in [5, 5.41) is 0. The van der Waals surface area contributed by atoms with Crippen molar-refractivity contribution < 1.29 is 4.39 Å². The van der Waals surface area contributed by atoms with E-state index in [1.54, 1.807) is 13.0 Å².